The van der Waals surface area contributed by atoms with Crippen molar-refractivity contribution in [3.8, 4) is 21.7 Å². The van der Waals surface area contributed by atoms with E-state index in [1.807, 2.05) is 0 Å². The van der Waals surface area contributed by atoms with Gasteiger partial charge in [0.2, 0.25) is 0 Å². The Labute approximate surface area is 207 Å². The number of β-amino-alcohol motifs (C(OH)–C–C–N with tert-alkyl or cyclic N) is 1. The van der Waals surface area contributed by atoms with E-state index in [1.54, 1.807) is 13.0 Å². The van der Waals surface area contributed by atoms with Crippen LogP contribution >= 0.6 is 11.3 Å². The minimum atomic E-state index is -4.64. The number of anilines is 1. The topological polar surface area (TPSA) is 125 Å². The molecule has 13 heteroatoms. The Hall–Kier alpha value is -3.84. The Morgan fingerprint density at radius 3 is 2.61 bits per heavy atom. The van der Waals surface area contributed by atoms with E-state index >= 15 is 0 Å². The number of aromatic nitrogens is 2. The number of nitrogens with one attached hydrogen (secondary N) is 2. The van der Waals surface area contributed by atoms with Gasteiger partial charge in [-0.2, -0.15) is 13.2 Å². The average Bonchev–Trinajstić information content (AvgIpc) is 3.33. The van der Waals surface area contributed by atoms with Crippen LogP contribution < -0.4 is 10.6 Å². The van der Waals surface area contributed by atoms with Crippen LogP contribution in [0.1, 0.15) is 33.3 Å². The molecule has 9 nitrogen and oxygen atoms in total. The minimum Gasteiger partial charge on any atom is -0.395 e. The largest absolute Gasteiger partial charge is 0.434 e. The standard InChI is InChI=1S/C23H20F3N5O4S/c1-2-27-22(35)30-19-8-15(20-29-18(11-36-20)23(24,25)26)16(9-28-19)12-3-4-13-14(7-12)17(33)10-31(5-6-32)21(13)34/h3-4,7-9,11,32H,2,5-6,10H2,1H3,(H2,27,28,30,35). The molecule has 2 aromatic heterocycles. The third kappa shape index (κ3) is 5.06. The predicted molar refractivity (Wildman–Crippen MR) is 126 cm³/mol. The molecule has 4 rings (SSSR count). The summed E-state index contributed by atoms with van der Waals surface area (Å²) in [6, 6.07) is 5.37. The number of Topliss-reactive ketones (excluding diaryl/α,β-unsaturated/α-hetero) is 1. The molecule has 0 aliphatic carbocycles. The second-order valence-electron chi connectivity index (χ2n) is 7.77. The number of halogens is 3. The van der Waals surface area contributed by atoms with E-state index in [9.17, 15) is 27.6 Å². The van der Waals surface area contributed by atoms with Gasteiger partial charge in [-0.15, -0.1) is 11.3 Å². The highest BCUT2D eigenvalue weighted by molar-refractivity contribution is 7.13. The number of rotatable bonds is 6. The van der Waals surface area contributed by atoms with Crippen molar-refractivity contribution in [1.82, 2.24) is 20.2 Å². The van der Waals surface area contributed by atoms with Gasteiger partial charge in [0.15, 0.2) is 11.5 Å². The second kappa shape index (κ2) is 10.0. The number of aliphatic hydroxyl groups is 1. The first-order valence-electron chi connectivity index (χ1n) is 10.8. The van der Waals surface area contributed by atoms with Crippen LogP contribution in [0.25, 0.3) is 21.7 Å². The van der Waals surface area contributed by atoms with Gasteiger partial charge < -0.3 is 15.3 Å². The number of amides is 3. The van der Waals surface area contributed by atoms with E-state index in [0.29, 0.717) is 17.7 Å². The Kier molecular flexibility index (Phi) is 7.04. The van der Waals surface area contributed by atoms with Gasteiger partial charge in [-0.3, -0.25) is 14.9 Å². The lowest BCUT2D eigenvalue weighted by Crippen LogP contribution is -2.42. The maximum absolute atomic E-state index is 13.2. The van der Waals surface area contributed by atoms with Crippen molar-refractivity contribution in [3.63, 3.8) is 0 Å². The zero-order valence-corrected chi connectivity index (χ0v) is 19.7. The van der Waals surface area contributed by atoms with Crippen molar-refractivity contribution in [3.05, 3.63) is 52.7 Å². The molecule has 1 aromatic carbocycles. The SMILES string of the molecule is CCNC(=O)Nc1cc(-c2nc(C(F)(F)F)cs2)c(-c2ccc3c(c2)C(=O)CN(CCO)C3=O)cn1. The summed E-state index contributed by atoms with van der Waals surface area (Å²) in [5, 5.41) is 15.1. The number of hydrogen-bond acceptors (Lipinski definition) is 7. The summed E-state index contributed by atoms with van der Waals surface area (Å²) in [5.74, 6) is -0.648. The minimum absolute atomic E-state index is 0.0193. The quantitative estimate of drug-likeness (QED) is 0.457. The van der Waals surface area contributed by atoms with Crippen molar-refractivity contribution < 1.29 is 32.7 Å². The summed E-state index contributed by atoms with van der Waals surface area (Å²) >= 11 is 0.773. The number of urea groups is 1. The molecule has 0 radical (unpaired) electrons. The third-order valence-electron chi connectivity index (χ3n) is 5.36. The van der Waals surface area contributed by atoms with Crippen molar-refractivity contribution in [2.24, 2.45) is 0 Å². The Bertz CT molecular complexity index is 1340. The number of thiazole rings is 1. The van der Waals surface area contributed by atoms with Crippen LogP contribution in [0, 0.1) is 0 Å². The zero-order valence-electron chi connectivity index (χ0n) is 18.8. The molecule has 3 aromatic rings. The second-order valence-corrected chi connectivity index (χ2v) is 8.63. The van der Waals surface area contributed by atoms with Crippen LogP contribution in [0.3, 0.4) is 0 Å². The van der Waals surface area contributed by atoms with Gasteiger partial charge in [-0.25, -0.2) is 14.8 Å². The number of alkyl halides is 3. The summed E-state index contributed by atoms with van der Waals surface area (Å²) in [7, 11) is 0. The van der Waals surface area contributed by atoms with Gasteiger partial charge in [-0.05, 0) is 30.7 Å². The molecule has 0 fully saturated rings. The summed E-state index contributed by atoms with van der Waals surface area (Å²) in [5.41, 5.74) is 0.326. The van der Waals surface area contributed by atoms with Crippen molar-refractivity contribution in [2.45, 2.75) is 13.1 Å². The lowest BCUT2D eigenvalue weighted by molar-refractivity contribution is -0.140. The fourth-order valence-electron chi connectivity index (χ4n) is 3.71. The number of hydrogen-bond donors (Lipinski definition) is 3. The summed E-state index contributed by atoms with van der Waals surface area (Å²) in [6.07, 6.45) is -3.27. The number of nitrogens with zero attached hydrogens (tertiary/aromatic N) is 3. The number of carbonyl (C=O) groups is 3. The highest BCUT2D eigenvalue weighted by Gasteiger charge is 2.34. The Morgan fingerprint density at radius 2 is 1.94 bits per heavy atom. The van der Waals surface area contributed by atoms with Crippen LogP contribution in [0.15, 0.2) is 35.8 Å². The van der Waals surface area contributed by atoms with Gasteiger partial charge in [0.25, 0.3) is 5.91 Å². The zero-order chi connectivity index (χ0) is 26.0. The maximum atomic E-state index is 13.2. The fourth-order valence-corrected chi connectivity index (χ4v) is 4.57. The first-order valence-corrected chi connectivity index (χ1v) is 11.7. The van der Waals surface area contributed by atoms with Crippen molar-refractivity contribution in [2.75, 3.05) is 31.6 Å². The Morgan fingerprint density at radius 1 is 1.17 bits per heavy atom. The molecule has 3 heterocycles. The number of aliphatic hydroxyl groups excluding tert-OH is 1. The molecule has 36 heavy (non-hydrogen) atoms. The molecule has 0 bridgehead atoms. The van der Waals surface area contributed by atoms with E-state index in [4.69, 9.17) is 5.11 Å². The highest BCUT2D eigenvalue weighted by Crippen LogP contribution is 2.39. The summed E-state index contributed by atoms with van der Waals surface area (Å²) in [4.78, 5) is 46.5. The third-order valence-corrected chi connectivity index (χ3v) is 6.24. The van der Waals surface area contributed by atoms with Gasteiger partial charge in [0.1, 0.15) is 10.8 Å². The van der Waals surface area contributed by atoms with E-state index in [-0.39, 0.29) is 53.0 Å². The first-order chi connectivity index (χ1) is 17.1. The smallest absolute Gasteiger partial charge is 0.395 e. The maximum Gasteiger partial charge on any atom is 0.434 e. The van der Waals surface area contributed by atoms with E-state index in [0.717, 1.165) is 16.7 Å². The summed E-state index contributed by atoms with van der Waals surface area (Å²) < 4.78 is 39.6. The molecule has 0 saturated carbocycles. The van der Waals surface area contributed by atoms with E-state index < -0.39 is 23.8 Å². The van der Waals surface area contributed by atoms with Gasteiger partial charge in [0.05, 0.1) is 18.7 Å². The normalized spacial score (nSPS) is 13.5. The van der Waals surface area contributed by atoms with E-state index in [2.05, 4.69) is 20.6 Å². The van der Waals surface area contributed by atoms with Gasteiger partial charge in [-0.1, -0.05) is 6.07 Å². The molecule has 188 valence electrons. The molecule has 0 atom stereocenters. The van der Waals surface area contributed by atoms with Crippen LogP contribution in [0.4, 0.5) is 23.8 Å². The number of fused-ring (bicyclic) bond motifs is 1. The molecule has 1 aliphatic heterocycles. The summed E-state index contributed by atoms with van der Waals surface area (Å²) in [6.45, 7) is 1.62. The van der Waals surface area contributed by atoms with Crippen molar-refractivity contribution in [1.29, 1.82) is 0 Å². The number of pyridine rings is 1. The van der Waals surface area contributed by atoms with Crippen LogP contribution in [-0.4, -0.2) is 63.9 Å². The lowest BCUT2D eigenvalue weighted by atomic mass is 9.92. The Balaban J connectivity index is 1.80. The average molecular weight is 520 g/mol. The molecule has 3 amide bonds. The van der Waals surface area contributed by atoms with Gasteiger partial charge >= 0.3 is 12.2 Å². The monoisotopic (exact) mass is 519 g/mol. The van der Waals surface area contributed by atoms with E-state index in [1.165, 1.54) is 29.3 Å². The molecular weight excluding hydrogens is 499 g/mol. The number of carbonyl (C=O) groups excluding carboxylic acids is 3. The van der Waals surface area contributed by atoms with Crippen molar-refractivity contribution >= 4 is 34.9 Å². The molecule has 0 saturated heterocycles. The molecule has 1 aliphatic rings. The number of benzene rings is 1. The number of ketones is 1. The lowest BCUT2D eigenvalue weighted by Gasteiger charge is -2.27. The fraction of sp³-hybridized carbons (Fsp3) is 0.261. The van der Waals surface area contributed by atoms with Crippen LogP contribution in [0.5, 0.6) is 0 Å². The van der Waals surface area contributed by atoms with Crippen LogP contribution in [-0.2, 0) is 6.18 Å². The predicted octanol–water partition coefficient (Wildman–Crippen LogP) is 3.66. The van der Waals surface area contributed by atoms with Crippen LogP contribution in [0.2, 0.25) is 0 Å². The molecular formula is C23H20F3N5O4S. The molecule has 0 spiro atoms. The molecule has 0 unspecified atom stereocenters. The highest BCUT2D eigenvalue weighted by atomic mass is 32.1. The first kappa shape index (κ1) is 25.3. The van der Waals surface area contributed by atoms with Gasteiger partial charge in [0, 0.05) is 41.4 Å². The molecule has 3 N–H and O–H groups in total.